The molecular weight excluding hydrogens is 452 g/mol. The SMILES string of the molecule is O=C(Nc1ccc2c(c1)OCO2)c1nnc([C@H]2CCCN(S(=O)(=O)c3ccccc3)C2)s1. The second-order valence-corrected chi connectivity index (χ2v) is 10.4. The highest BCUT2D eigenvalue weighted by Crippen LogP contribution is 2.35. The number of anilines is 1. The standard InChI is InChI=1S/C21H20N4O5S2/c26-19(22-15-8-9-17-18(11-15)30-13-29-17)21-24-23-20(31-21)14-5-4-10-25(12-14)32(27,28)16-6-2-1-3-7-16/h1-3,6-9,11,14H,4-5,10,12-13H2,(H,22,26)/t14-/m0/s1. The molecule has 166 valence electrons. The van der Waals surface area contributed by atoms with Gasteiger partial charge in [-0.3, -0.25) is 4.79 Å². The van der Waals surface area contributed by atoms with E-state index in [1.54, 1.807) is 48.5 Å². The molecule has 1 amide bonds. The average Bonchev–Trinajstić information content (AvgIpc) is 3.49. The summed E-state index contributed by atoms with van der Waals surface area (Å²) in [5, 5.41) is 11.9. The first-order valence-electron chi connectivity index (χ1n) is 10.1. The van der Waals surface area contributed by atoms with Crippen LogP contribution in [0.25, 0.3) is 0 Å². The monoisotopic (exact) mass is 472 g/mol. The molecule has 5 rings (SSSR count). The number of hydrogen-bond acceptors (Lipinski definition) is 8. The maximum absolute atomic E-state index is 13.0. The zero-order chi connectivity index (χ0) is 22.1. The van der Waals surface area contributed by atoms with E-state index in [0.717, 1.165) is 12.8 Å². The van der Waals surface area contributed by atoms with Crippen LogP contribution < -0.4 is 14.8 Å². The maximum atomic E-state index is 13.0. The van der Waals surface area contributed by atoms with Gasteiger partial charge < -0.3 is 14.8 Å². The first-order chi connectivity index (χ1) is 15.5. The molecule has 0 radical (unpaired) electrons. The number of nitrogens with one attached hydrogen (secondary N) is 1. The summed E-state index contributed by atoms with van der Waals surface area (Å²) in [6.07, 6.45) is 1.51. The van der Waals surface area contributed by atoms with Gasteiger partial charge in [0.15, 0.2) is 11.5 Å². The lowest BCUT2D eigenvalue weighted by Crippen LogP contribution is -2.39. The second-order valence-electron chi connectivity index (χ2n) is 7.48. The highest BCUT2D eigenvalue weighted by Gasteiger charge is 2.32. The smallest absolute Gasteiger partial charge is 0.286 e. The van der Waals surface area contributed by atoms with Gasteiger partial charge >= 0.3 is 0 Å². The van der Waals surface area contributed by atoms with Gasteiger partial charge in [0.1, 0.15) is 5.01 Å². The van der Waals surface area contributed by atoms with Crippen LogP contribution in [-0.2, 0) is 10.0 Å². The fraction of sp³-hybridized carbons (Fsp3) is 0.286. The summed E-state index contributed by atoms with van der Waals surface area (Å²) in [5.74, 6) is 0.722. The van der Waals surface area contributed by atoms with E-state index >= 15 is 0 Å². The molecule has 32 heavy (non-hydrogen) atoms. The van der Waals surface area contributed by atoms with Crippen LogP contribution in [0.5, 0.6) is 11.5 Å². The van der Waals surface area contributed by atoms with Crippen LogP contribution in [0.15, 0.2) is 53.4 Å². The molecular formula is C21H20N4O5S2. The molecule has 1 N–H and O–H groups in total. The number of nitrogens with zero attached hydrogens (tertiary/aromatic N) is 3. The van der Waals surface area contributed by atoms with Crippen LogP contribution in [-0.4, -0.2) is 48.7 Å². The summed E-state index contributed by atoms with van der Waals surface area (Å²) in [6.45, 7) is 0.935. The van der Waals surface area contributed by atoms with Gasteiger partial charge in [0.2, 0.25) is 21.8 Å². The lowest BCUT2D eigenvalue weighted by atomic mass is 10.0. The summed E-state index contributed by atoms with van der Waals surface area (Å²) in [5.41, 5.74) is 0.564. The molecule has 0 unspecified atom stereocenters. The van der Waals surface area contributed by atoms with Gasteiger partial charge in [-0.05, 0) is 37.1 Å². The van der Waals surface area contributed by atoms with Gasteiger partial charge in [-0.25, -0.2) is 8.42 Å². The number of hydrogen-bond donors (Lipinski definition) is 1. The van der Waals surface area contributed by atoms with E-state index in [4.69, 9.17) is 9.47 Å². The lowest BCUT2D eigenvalue weighted by Gasteiger charge is -2.30. The molecule has 0 bridgehead atoms. The fourth-order valence-corrected chi connectivity index (χ4v) is 6.16. The van der Waals surface area contributed by atoms with Gasteiger partial charge in [-0.15, -0.1) is 10.2 Å². The fourth-order valence-electron chi connectivity index (χ4n) is 3.75. The molecule has 9 nitrogen and oxygen atoms in total. The number of fused-ring (bicyclic) bond motifs is 1. The van der Waals surface area contributed by atoms with Gasteiger partial charge in [-0.1, -0.05) is 29.5 Å². The van der Waals surface area contributed by atoms with Gasteiger partial charge in [-0.2, -0.15) is 4.31 Å². The van der Waals surface area contributed by atoms with E-state index < -0.39 is 10.0 Å². The van der Waals surface area contributed by atoms with Gasteiger partial charge in [0, 0.05) is 30.8 Å². The summed E-state index contributed by atoms with van der Waals surface area (Å²) >= 11 is 1.19. The largest absolute Gasteiger partial charge is 0.454 e. The molecule has 2 aliphatic heterocycles. The number of piperidine rings is 1. The number of carbonyl (C=O) groups is 1. The molecule has 2 aromatic carbocycles. The third-order valence-electron chi connectivity index (χ3n) is 5.38. The van der Waals surface area contributed by atoms with Crippen LogP contribution in [0, 0.1) is 0 Å². The number of amides is 1. The van der Waals surface area contributed by atoms with Gasteiger partial charge in [0.25, 0.3) is 5.91 Å². The van der Waals surface area contributed by atoms with Crippen LogP contribution in [0.4, 0.5) is 5.69 Å². The van der Waals surface area contributed by atoms with E-state index in [9.17, 15) is 13.2 Å². The number of aromatic nitrogens is 2. The van der Waals surface area contributed by atoms with Crippen molar-refractivity contribution in [3.05, 3.63) is 58.5 Å². The first-order valence-corrected chi connectivity index (χ1v) is 12.4. The van der Waals surface area contributed by atoms with E-state index in [-0.39, 0.29) is 28.5 Å². The van der Waals surface area contributed by atoms with Crippen molar-refractivity contribution >= 4 is 33.0 Å². The Labute approximate surface area is 189 Å². The Bertz CT molecular complexity index is 1250. The lowest BCUT2D eigenvalue weighted by molar-refractivity contribution is 0.102. The Morgan fingerprint density at radius 3 is 2.75 bits per heavy atom. The molecule has 1 fully saturated rings. The predicted octanol–water partition coefficient (Wildman–Crippen LogP) is 3.09. The molecule has 2 aliphatic rings. The van der Waals surface area contributed by atoms with Crippen molar-refractivity contribution in [2.75, 3.05) is 25.2 Å². The highest BCUT2D eigenvalue weighted by atomic mass is 32.2. The van der Waals surface area contributed by atoms with Crippen molar-refractivity contribution in [2.24, 2.45) is 0 Å². The molecule has 1 aromatic heterocycles. The topological polar surface area (TPSA) is 111 Å². The quantitative estimate of drug-likeness (QED) is 0.607. The molecule has 1 atom stereocenters. The molecule has 0 aliphatic carbocycles. The number of rotatable bonds is 5. The van der Waals surface area contributed by atoms with Gasteiger partial charge in [0.05, 0.1) is 4.90 Å². The third kappa shape index (κ3) is 4.06. The van der Waals surface area contributed by atoms with Crippen LogP contribution >= 0.6 is 11.3 Å². The van der Waals surface area contributed by atoms with E-state index in [2.05, 4.69) is 15.5 Å². The minimum absolute atomic E-state index is 0.105. The first kappa shape index (κ1) is 20.9. The van der Waals surface area contributed by atoms with Crippen molar-refractivity contribution < 1.29 is 22.7 Å². The molecule has 0 spiro atoms. The molecule has 1 saturated heterocycles. The number of sulfonamides is 1. The Morgan fingerprint density at radius 2 is 1.91 bits per heavy atom. The van der Waals surface area contributed by atoms with Crippen molar-refractivity contribution in [3.8, 4) is 11.5 Å². The van der Waals surface area contributed by atoms with Crippen LogP contribution in [0.2, 0.25) is 0 Å². The van der Waals surface area contributed by atoms with E-state index in [0.29, 0.717) is 35.3 Å². The average molecular weight is 473 g/mol. The van der Waals surface area contributed by atoms with Crippen LogP contribution in [0.3, 0.4) is 0 Å². The third-order valence-corrected chi connectivity index (χ3v) is 8.34. The van der Waals surface area contributed by atoms with Crippen molar-refractivity contribution in [3.63, 3.8) is 0 Å². The Balaban J connectivity index is 1.28. The zero-order valence-corrected chi connectivity index (χ0v) is 18.6. The summed E-state index contributed by atoms with van der Waals surface area (Å²) in [7, 11) is -3.57. The molecule has 11 heteroatoms. The van der Waals surface area contributed by atoms with Crippen LogP contribution in [0.1, 0.15) is 33.6 Å². The zero-order valence-electron chi connectivity index (χ0n) is 16.9. The normalized spacial score (nSPS) is 18.4. The number of carbonyl (C=O) groups excluding carboxylic acids is 1. The molecule has 3 heterocycles. The van der Waals surface area contributed by atoms with E-state index in [1.807, 2.05) is 0 Å². The number of benzene rings is 2. The second kappa shape index (κ2) is 8.49. The van der Waals surface area contributed by atoms with E-state index in [1.165, 1.54) is 15.6 Å². The maximum Gasteiger partial charge on any atom is 0.286 e. The Hall–Kier alpha value is -3.02. The minimum atomic E-state index is -3.57. The minimum Gasteiger partial charge on any atom is -0.454 e. The van der Waals surface area contributed by atoms with Crippen molar-refractivity contribution in [1.29, 1.82) is 0 Å². The summed E-state index contributed by atoms with van der Waals surface area (Å²) < 4.78 is 38.0. The summed E-state index contributed by atoms with van der Waals surface area (Å²) in [4.78, 5) is 12.9. The Morgan fingerprint density at radius 1 is 1.09 bits per heavy atom. The highest BCUT2D eigenvalue weighted by molar-refractivity contribution is 7.89. The molecule has 0 saturated carbocycles. The predicted molar refractivity (Wildman–Crippen MR) is 118 cm³/mol. The Kier molecular flexibility index (Phi) is 5.53. The van der Waals surface area contributed by atoms with Crippen molar-refractivity contribution in [2.45, 2.75) is 23.7 Å². The van der Waals surface area contributed by atoms with Crippen molar-refractivity contribution in [1.82, 2.24) is 14.5 Å². The molecule has 3 aromatic rings. The number of ether oxygens (including phenoxy) is 2. The summed E-state index contributed by atoms with van der Waals surface area (Å²) in [6, 6.07) is 13.6.